The Bertz CT molecular complexity index is 377. The first-order valence-corrected chi connectivity index (χ1v) is 5.27. The van der Waals surface area contributed by atoms with Crippen LogP contribution in [0, 0.1) is 16.7 Å². The van der Waals surface area contributed by atoms with Crippen LogP contribution in [0.2, 0.25) is 0 Å². The molecule has 0 bridgehead atoms. The molecule has 1 rings (SSSR count). The molecule has 0 aliphatic carbocycles. The molecule has 1 nitrogen and oxygen atoms in total. The summed E-state index contributed by atoms with van der Waals surface area (Å²) in [4.78, 5) is 0. The van der Waals surface area contributed by atoms with Gasteiger partial charge in [0, 0.05) is 0 Å². The molecule has 0 atom stereocenters. The summed E-state index contributed by atoms with van der Waals surface area (Å²) in [7, 11) is 0. The number of hydrogen-bond donors (Lipinski definition) is 0. The molecule has 1 heteroatoms. The lowest BCUT2D eigenvalue weighted by Gasteiger charge is -2.07. The molecule has 0 amide bonds. The van der Waals surface area contributed by atoms with Crippen molar-refractivity contribution in [3.05, 3.63) is 41.5 Å². The van der Waals surface area contributed by atoms with Gasteiger partial charge in [0.15, 0.2) is 0 Å². The van der Waals surface area contributed by atoms with Gasteiger partial charge in [-0.1, -0.05) is 43.3 Å². The molecule has 0 aliphatic rings. The second kappa shape index (κ2) is 4.79. The van der Waals surface area contributed by atoms with E-state index in [-0.39, 0.29) is 5.41 Å². The molecule has 0 unspecified atom stereocenters. The highest BCUT2D eigenvalue weighted by Gasteiger charge is 2.10. The monoisotopic (exact) mass is 199 g/mol. The Hall–Kier alpha value is -1.55. The fourth-order valence-corrected chi connectivity index (χ4v) is 1.21. The Labute approximate surface area is 92.1 Å². The Morgan fingerprint density at radius 3 is 2.33 bits per heavy atom. The Morgan fingerprint density at radius 1 is 1.27 bits per heavy atom. The van der Waals surface area contributed by atoms with Gasteiger partial charge in [0.1, 0.15) is 0 Å². The summed E-state index contributed by atoms with van der Waals surface area (Å²) in [5, 5.41) is 8.85. The van der Waals surface area contributed by atoms with Gasteiger partial charge in [-0.2, -0.15) is 5.26 Å². The summed E-state index contributed by atoms with van der Waals surface area (Å²) in [5.74, 6) is 0. The lowest BCUT2D eigenvalue weighted by atomic mass is 9.94. The lowest BCUT2D eigenvalue weighted by Crippen LogP contribution is -2.01. The van der Waals surface area contributed by atoms with Crippen LogP contribution in [0.1, 0.15) is 31.9 Å². The first kappa shape index (κ1) is 11.5. The van der Waals surface area contributed by atoms with E-state index in [4.69, 9.17) is 5.26 Å². The van der Waals surface area contributed by atoms with E-state index in [1.807, 2.05) is 26.0 Å². The number of allylic oxidation sites excluding steroid dienone is 1. The number of hydrogen-bond acceptors (Lipinski definition) is 1. The minimum atomic E-state index is -0.385. The van der Waals surface area contributed by atoms with Crippen LogP contribution < -0.4 is 0 Å². The topological polar surface area (TPSA) is 23.8 Å². The third kappa shape index (κ3) is 3.59. The molecular formula is C14H17N. The molecule has 0 aromatic heterocycles. The third-order valence-corrected chi connectivity index (χ3v) is 2.37. The molecule has 0 saturated carbocycles. The highest BCUT2D eigenvalue weighted by molar-refractivity contribution is 5.51. The van der Waals surface area contributed by atoms with E-state index in [0.29, 0.717) is 0 Å². The molecule has 78 valence electrons. The van der Waals surface area contributed by atoms with Gasteiger partial charge in [-0.05, 0) is 31.4 Å². The first-order chi connectivity index (χ1) is 7.07. The first-order valence-electron chi connectivity index (χ1n) is 5.27. The molecule has 0 N–H and O–H groups in total. The molecule has 1 aromatic carbocycles. The van der Waals surface area contributed by atoms with Gasteiger partial charge in [0.25, 0.3) is 0 Å². The van der Waals surface area contributed by atoms with E-state index in [0.717, 1.165) is 12.0 Å². The van der Waals surface area contributed by atoms with Crippen LogP contribution >= 0.6 is 0 Å². The molecule has 15 heavy (non-hydrogen) atoms. The van der Waals surface area contributed by atoms with Crippen LogP contribution in [0.3, 0.4) is 0 Å². The fourth-order valence-electron chi connectivity index (χ4n) is 1.21. The van der Waals surface area contributed by atoms with Crippen molar-refractivity contribution >= 4 is 6.08 Å². The van der Waals surface area contributed by atoms with Crippen molar-refractivity contribution in [2.75, 3.05) is 0 Å². The van der Waals surface area contributed by atoms with Gasteiger partial charge in [-0.3, -0.25) is 0 Å². The molecule has 0 radical (unpaired) electrons. The minimum absolute atomic E-state index is 0.385. The maximum atomic E-state index is 8.85. The van der Waals surface area contributed by atoms with Crippen molar-refractivity contribution in [1.29, 1.82) is 5.26 Å². The minimum Gasteiger partial charge on any atom is -0.197 e. The third-order valence-electron chi connectivity index (χ3n) is 2.37. The maximum absolute atomic E-state index is 8.85. The zero-order valence-corrected chi connectivity index (χ0v) is 9.62. The van der Waals surface area contributed by atoms with Gasteiger partial charge in [-0.25, -0.2) is 0 Å². The quantitative estimate of drug-likeness (QED) is 0.726. The van der Waals surface area contributed by atoms with Crippen LogP contribution in [0.4, 0.5) is 0 Å². The standard InChI is InChI=1S/C14H17N/c1-4-12-5-7-13(8-6-12)9-10-14(2,3)11-15/h5-10H,4H2,1-3H3/b10-9+. The number of benzene rings is 1. The van der Waals surface area contributed by atoms with Crippen LogP contribution in [-0.2, 0) is 6.42 Å². The Kier molecular flexibility index (Phi) is 3.68. The summed E-state index contributed by atoms with van der Waals surface area (Å²) in [5.41, 5.74) is 2.10. The van der Waals surface area contributed by atoms with Crippen LogP contribution in [-0.4, -0.2) is 0 Å². The molecule has 1 aromatic rings. The van der Waals surface area contributed by atoms with E-state index in [9.17, 15) is 0 Å². The number of nitriles is 1. The van der Waals surface area contributed by atoms with E-state index < -0.39 is 0 Å². The van der Waals surface area contributed by atoms with Crippen LogP contribution in [0.5, 0.6) is 0 Å². The van der Waals surface area contributed by atoms with Crippen molar-refractivity contribution < 1.29 is 0 Å². The predicted octanol–water partition coefficient (Wildman–Crippen LogP) is 3.81. The molecule has 0 aliphatic heterocycles. The number of aryl methyl sites for hydroxylation is 1. The van der Waals surface area contributed by atoms with Crippen molar-refractivity contribution in [3.8, 4) is 6.07 Å². The lowest BCUT2D eigenvalue weighted by molar-refractivity contribution is 0.647. The highest BCUT2D eigenvalue weighted by Crippen LogP contribution is 2.17. The van der Waals surface area contributed by atoms with Gasteiger partial charge in [-0.15, -0.1) is 0 Å². The van der Waals surface area contributed by atoms with E-state index in [1.165, 1.54) is 5.56 Å². The maximum Gasteiger partial charge on any atom is 0.0725 e. The van der Waals surface area contributed by atoms with Crippen molar-refractivity contribution in [2.45, 2.75) is 27.2 Å². The van der Waals surface area contributed by atoms with Crippen molar-refractivity contribution in [1.82, 2.24) is 0 Å². The Morgan fingerprint density at radius 2 is 1.87 bits per heavy atom. The van der Waals surface area contributed by atoms with Gasteiger partial charge in [0.05, 0.1) is 11.5 Å². The number of rotatable bonds is 3. The Balaban J connectivity index is 2.78. The smallest absolute Gasteiger partial charge is 0.0725 e. The average molecular weight is 199 g/mol. The van der Waals surface area contributed by atoms with E-state index >= 15 is 0 Å². The van der Waals surface area contributed by atoms with Crippen LogP contribution in [0.15, 0.2) is 30.3 Å². The van der Waals surface area contributed by atoms with Crippen molar-refractivity contribution in [2.24, 2.45) is 5.41 Å². The zero-order valence-electron chi connectivity index (χ0n) is 9.62. The molecule has 0 saturated heterocycles. The van der Waals surface area contributed by atoms with Gasteiger partial charge in [0.2, 0.25) is 0 Å². The molecular weight excluding hydrogens is 182 g/mol. The summed E-state index contributed by atoms with van der Waals surface area (Å²) in [6.45, 7) is 5.96. The largest absolute Gasteiger partial charge is 0.197 e. The van der Waals surface area contributed by atoms with Gasteiger partial charge < -0.3 is 0 Å². The average Bonchev–Trinajstić information content (AvgIpc) is 2.27. The molecule has 0 fully saturated rings. The second-order valence-corrected chi connectivity index (χ2v) is 4.26. The summed E-state index contributed by atoms with van der Waals surface area (Å²) in [6, 6.07) is 10.7. The fraction of sp³-hybridized carbons (Fsp3) is 0.357. The molecule has 0 spiro atoms. The summed E-state index contributed by atoms with van der Waals surface area (Å²) in [6.07, 6.45) is 5.00. The zero-order chi connectivity index (χ0) is 11.3. The van der Waals surface area contributed by atoms with Crippen LogP contribution in [0.25, 0.3) is 6.08 Å². The van der Waals surface area contributed by atoms with Crippen molar-refractivity contribution in [3.63, 3.8) is 0 Å². The summed E-state index contributed by atoms with van der Waals surface area (Å²) >= 11 is 0. The second-order valence-electron chi connectivity index (χ2n) is 4.26. The summed E-state index contributed by atoms with van der Waals surface area (Å²) < 4.78 is 0. The predicted molar refractivity (Wildman–Crippen MR) is 64.2 cm³/mol. The SMILES string of the molecule is CCc1ccc(/C=C/C(C)(C)C#N)cc1. The van der Waals surface area contributed by atoms with E-state index in [1.54, 1.807) is 0 Å². The highest BCUT2D eigenvalue weighted by atomic mass is 14.3. The normalized spacial score (nSPS) is 11.6. The molecule has 0 heterocycles. The number of nitrogens with zero attached hydrogens (tertiary/aromatic N) is 1. The van der Waals surface area contributed by atoms with E-state index in [2.05, 4.69) is 37.3 Å². The van der Waals surface area contributed by atoms with Gasteiger partial charge >= 0.3 is 0 Å².